The van der Waals surface area contributed by atoms with Gasteiger partial charge in [-0.3, -0.25) is 4.79 Å². The van der Waals surface area contributed by atoms with Gasteiger partial charge < -0.3 is 19.9 Å². The molecule has 0 aliphatic carbocycles. The van der Waals surface area contributed by atoms with Crippen molar-refractivity contribution in [1.82, 2.24) is 15.2 Å². The van der Waals surface area contributed by atoms with E-state index >= 15 is 0 Å². The van der Waals surface area contributed by atoms with Crippen LogP contribution in [0.15, 0.2) is 12.3 Å². The van der Waals surface area contributed by atoms with Gasteiger partial charge in [0.1, 0.15) is 11.9 Å². The van der Waals surface area contributed by atoms with Crippen molar-refractivity contribution in [2.45, 2.75) is 6.04 Å². The number of piperazine rings is 1. The second-order valence-electron chi connectivity index (χ2n) is 5.35. The number of hydrogen-bond acceptors (Lipinski definition) is 5. The quantitative estimate of drug-likeness (QED) is 0.868. The zero-order valence-corrected chi connectivity index (χ0v) is 13.6. The highest BCUT2D eigenvalue weighted by Gasteiger charge is 2.29. The molecule has 1 atom stereocenters. The minimum atomic E-state index is -0.224. The smallest absolute Gasteiger partial charge is 0.242 e. The van der Waals surface area contributed by atoms with E-state index in [0.717, 1.165) is 12.4 Å². The number of aromatic nitrogens is 1. The van der Waals surface area contributed by atoms with Crippen molar-refractivity contribution in [2.75, 3.05) is 50.8 Å². The maximum atomic E-state index is 12.4. The molecule has 2 fully saturated rings. The number of anilines is 1. The third-order valence-corrected chi connectivity index (χ3v) is 4.38. The maximum absolute atomic E-state index is 12.4. The first-order chi connectivity index (χ1) is 10.6. The molecule has 1 aromatic heterocycles. The number of carbonyl (C=O) groups is 1. The summed E-state index contributed by atoms with van der Waals surface area (Å²) in [5.41, 5.74) is 0. The highest BCUT2D eigenvalue weighted by atomic mass is 35.5. The average Bonchev–Trinajstić information content (AvgIpc) is 2.55. The first kappa shape index (κ1) is 15.8. The maximum Gasteiger partial charge on any atom is 0.242 e. The van der Waals surface area contributed by atoms with E-state index in [1.807, 2.05) is 4.90 Å². The zero-order valence-electron chi connectivity index (χ0n) is 12.1. The number of carbonyl (C=O) groups excluding carboxylic acids is 1. The Bertz CT molecular complexity index is 544. The van der Waals surface area contributed by atoms with Crippen molar-refractivity contribution in [3.63, 3.8) is 0 Å². The van der Waals surface area contributed by atoms with Gasteiger partial charge in [0.05, 0.1) is 23.3 Å². The Hall–Kier alpha value is -1.08. The van der Waals surface area contributed by atoms with Crippen LogP contribution in [0.3, 0.4) is 0 Å². The molecular formula is C14H18Cl2N4O2. The summed E-state index contributed by atoms with van der Waals surface area (Å²) < 4.78 is 5.35. The number of rotatable bonds is 2. The molecule has 3 heterocycles. The number of nitrogens with one attached hydrogen (secondary N) is 1. The van der Waals surface area contributed by atoms with Gasteiger partial charge in [-0.1, -0.05) is 23.2 Å². The predicted octanol–water partition coefficient (Wildman–Crippen LogP) is 1.03. The number of morpholine rings is 1. The zero-order chi connectivity index (χ0) is 15.5. The van der Waals surface area contributed by atoms with E-state index in [4.69, 9.17) is 27.9 Å². The van der Waals surface area contributed by atoms with E-state index in [9.17, 15) is 4.79 Å². The third-order valence-electron chi connectivity index (χ3n) is 3.90. The van der Waals surface area contributed by atoms with Crippen LogP contribution in [0.2, 0.25) is 10.0 Å². The van der Waals surface area contributed by atoms with Gasteiger partial charge in [0, 0.05) is 38.9 Å². The minimum Gasteiger partial charge on any atom is -0.378 e. The topological polar surface area (TPSA) is 57.7 Å². The molecule has 0 bridgehead atoms. The summed E-state index contributed by atoms with van der Waals surface area (Å²) in [6.07, 6.45) is 1.59. The largest absolute Gasteiger partial charge is 0.378 e. The van der Waals surface area contributed by atoms with Crippen molar-refractivity contribution >= 4 is 34.9 Å². The molecule has 120 valence electrons. The molecule has 1 aromatic rings. The normalized spacial score (nSPS) is 22.7. The first-order valence-electron chi connectivity index (χ1n) is 7.31. The molecule has 1 unspecified atom stereocenters. The van der Waals surface area contributed by atoms with E-state index in [1.54, 1.807) is 12.3 Å². The SMILES string of the molecule is O=C(C1COCCN1)N1CCN(c2ncc(Cl)cc2Cl)CC1. The lowest BCUT2D eigenvalue weighted by atomic mass is 10.2. The standard InChI is InChI=1S/C14H18Cl2N4O2/c15-10-7-11(16)13(18-8-10)19-2-4-20(5-3-19)14(21)12-9-22-6-1-17-12/h7-8,12,17H,1-6,9H2. The van der Waals surface area contributed by atoms with Gasteiger partial charge in [0.15, 0.2) is 0 Å². The number of ether oxygens (including phenoxy) is 1. The van der Waals surface area contributed by atoms with Gasteiger partial charge in [-0.15, -0.1) is 0 Å². The van der Waals surface area contributed by atoms with Crippen LogP contribution in [0, 0.1) is 0 Å². The summed E-state index contributed by atoms with van der Waals surface area (Å²) in [6.45, 7) is 4.54. The lowest BCUT2D eigenvalue weighted by Gasteiger charge is -2.38. The molecule has 6 nitrogen and oxygen atoms in total. The Morgan fingerprint density at radius 2 is 2.09 bits per heavy atom. The lowest BCUT2D eigenvalue weighted by Crippen LogP contribution is -2.57. The summed E-state index contributed by atoms with van der Waals surface area (Å²) in [5, 5.41) is 4.25. The average molecular weight is 345 g/mol. The monoisotopic (exact) mass is 344 g/mol. The van der Waals surface area contributed by atoms with Crippen LogP contribution in [0.25, 0.3) is 0 Å². The number of halogens is 2. The fraction of sp³-hybridized carbons (Fsp3) is 0.571. The molecule has 3 rings (SSSR count). The summed E-state index contributed by atoms with van der Waals surface area (Å²) in [6, 6.07) is 1.46. The van der Waals surface area contributed by atoms with Crippen LogP contribution >= 0.6 is 23.2 Å². The van der Waals surface area contributed by atoms with Crippen molar-refractivity contribution in [1.29, 1.82) is 0 Å². The number of nitrogens with zero attached hydrogens (tertiary/aromatic N) is 3. The highest BCUT2D eigenvalue weighted by molar-refractivity contribution is 6.36. The molecule has 1 N–H and O–H groups in total. The lowest BCUT2D eigenvalue weighted by molar-refractivity contribution is -0.136. The van der Waals surface area contributed by atoms with Gasteiger partial charge >= 0.3 is 0 Å². The molecule has 2 aliphatic heterocycles. The van der Waals surface area contributed by atoms with Crippen molar-refractivity contribution < 1.29 is 9.53 Å². The molecule has 1 amide bonds. The first-order valence-corrected chi connectivity index (χ1v) is 8.06. The molecule has 2 saturated heterocycles. The molecule has 8 heteroatoms. The number of hydrogen-bond donors (Lipinski definition) is 1. The van der Waals surface area contributed by atoms with Gasteiger partial charge in [-0.2, -0.15) is 0 Å². The van der Waals surface area contributed by atoms with E-state index < -0.39 is 0 Å². The van der Waals surface area contributed by atoms with E-state index in [-0.39, 0.29) is 11.9 Å². The fourth-order valence-electron chi connectivity index (χ4n) is 2.72. The Morgan fingerprint density at radius 3 is 2.73 bits per heavy atom. The molecule has 2 aliphatic rings. The number of pyridine rings is 1. The van der Waals surface area contributed by atoms with Gasteiger partial charge in [-0.25, -0.2) is 4.98 Å². The van der Waals surface area contributed by atoms with E-state index in [2.05, 4.69) is 15.2 Å². The number of amides is 1. The van der Waals surface area contributed by atoms with Crippen molar-refractivity contribution in [3.8, 4) is 0 Å². The van der Waals surface area contributed by atoms with Gasteiger partial charge in [0.25, 0.3) is 0 Å². The van der Waals surface area contributed by atoms with Gasteiger partial charge in [0.2, 0.25) is 5.91 Å². The van der Waals surface area contributed by atoms with Crippen molar-refractivity contribution in [2.24, 2.45) is 0 Å². The molecular weight excluding hydrogens is 327 g/mol. The molecule has 0 saturated carbocycles. The Labute approximate surface area is 139 Å². The molecule has 22 heavy (non-hydrogen) atoms. The van der Waals surface area contributed by atoms with E-state index in [0.29, 0.717) is 49.4 Å². The third kappa shape index (κ3) is 3.46. The summed E-state index contributed by atoms with van der Waals surface area (Å²) >= 11 is 12.1. The van der Waals surface area contributed by atoms with Crippen LogP contribution in [0.1, 0.15) is 0 Å². The molecule has 0 aromatic carbocycles. The van der Waals surface area contributed by atoms with Gasteiger partial charge in [-0.05, 0) is 6.07 Å². The van der Waals surface area contributed by atoms with Crippen LogP contribution in [-0.4, -0.2) is 67.8 Å². The predicted molar refractivity (Wildman–Crippen MR) is 85.7 cm³/mol. The van der Waals surface area contributed by atoms with Crippen LogP contribution < -0.4 is 10.2 Å². The van der Waals surface area contributed by atoms with E-state index in [1.165, 1.54) is 0 Å². The van der Waals surface area contributed by atoms with Crippen molar-refractivity contribution in [3.05, 3.63) is 22.3 Å². The summed E-state index contributed by atoms with van der Waals surface area (Å²) in [4.78, 5) is 20.6. The summed E-state index contributed by atoms with van der Waals surface area (Å²) in [5.74, 6) is 0.826. The molecule has 0 spiro atoms. The minimum absolute atomic E-state index is 0.106. The van der Waals surface area contributed by atoms with Crippen LogP contribution in [-0.2, 0) is 9.53 Å². The fourth-order valence-corrected chi connectivity index (χ4v) is 3.22. The second kappa shape index (κ2) is 7.00. The molecule has 0 radical (unpaired) electrons. The van der Waals surface area contributed by atoms with Crippen LogP contribution in [0.5, 0.6) is 0 Å². The Morgan fingerprint density at radius 1 is 1.32 bits per heavy atom. The highest BCUT2D eigenvalue weighted by Crippen LogP contribution is 2.26. The van der Waals surface area contributed by atoms with Crippen LogP contribution in [0.4, 0.5) is 5.82 Å². The Balaban J connectivity index is 1.59. The second-order valence-corrected chi connectivity index (χ2v) is 6.20. The Kier molecular flexibility index (Phi) is 5.03. The summed E-state index contributed by atoms with van der Waals surface area (Å²) in [7, 11) is 0.